The fraction of sp³-hybridized carbons (Fsp3) is 0.318. The molecular formula is C22H25N3O2S. The van der Waals surface area contributed by atoms with Crippen molar-refractivity contribution in [2.45, 2.75) is 38.5 Å². The highest BCUT2D eigenvalue weighted by Crippen LogP contribution is 2.19. The first-order chi connectivity index (χ1) is 13.7. The zero-order valence-electron chi connectivity index (χ0n) is 15.8. The molecule has 0 spiro atoms. The van der Waals surface area contributed by atoms with Crippen molar-refractivity contribution in [2.75, 3.05) is 11.9 Å². The Bertz CT molecular complexity index is 856. The maximum absolute atomic E-state index is 12.1. The van der Waals surface area contributed by atoms with E-state index in [0.29, 0.717) is 17.4 Å². The highest BCUT2D eigenvalue weighted by molar-refractivity contribution is 7.14. The Balaban J connectivity index is 1.40. The number of hydrogen-bond donors (Lipinski definition) is 2. The van der Waals surface area contributed by atoms with Gasteiger partial charge in [0.15, 0.2) is 5.13 Å². The quantitative estimate of drug-likeness (QED) is 0.516. The first-order valence-electron chi connectivity index (χ1n) is 9.62. The number of allylic oxidation sites excluding steroid dienone is 1. The summed E-state index contributed by atoms with van der Waals surface area (Å²) in [5, 5.41) is 7.99. The number of anilines is 1. The molecule has 0 unspecified atom stereocenters. The molecule has 1 aliphatic rings. The smallest absolute Gasteiger partial charge is 0.250 e. The van der Waals surface area contributed by atoms with Gasteiger partial charge in [-0.2, -0.15) is 0 Å². The lowest BCUT2D eigenvalue weighted by molar-refractivity contribution is -0.120. The zero-order valence-corrected chi connectivity index (χ0v) is 16.6. The fourth-order valence-electron chi connectivity index (χ4n) is 3.05. The maximum atomic E-state index is 12.1. The van der Waals surface area contributed by atoms with Crippen molar-refractivity contribution >= 4 is 34.4 Å². The van der Waals surface area contributed by atoms with Crippen LogP contribution in [-0.2, 0) is 16.0 Å². The maximum Gasteiger partial charge on any atom is 0.250 e. The summed E-state index contributed by atoms with van der Waals surface area (Å²) in [6.45, 7) is 0.669. The number of rotatable bonds is 8. The third-order valence-electron chi connectivity index (χ3n) is 4.50. The molecule has 0 bridgehead atoms. The molecule has 1 aromatic heterocycles. The molecule has 1 heterocycles. The lowest BCUT2D eigenvalue weighted by Crippen LogP contribution is -2.26. The van der Waals surface area contributed by atoms with Crippen molar-refractivity contribution in [1.82, 2.24) is 10.3 Å². The molecule has 2 aromatic rings. The summed E-state index contributed by atoms with van der Waals surface area (Å²) in [5.41, 5.74) is 3.08. The molecule has 0 saturated heterocycles. The van der Waals surface area contributed by atoms with Crippen LogP contribution in [0.15, 0.2) is 53.4 Å². The van der Waals surface area contributed by atoms with E-state index < -0.39 is 0 Å². The molecular weight excluding hydrogens is 370 g/mol. The third-order valence-corrected chi connectivity index (χ3v) is 5.31. The van der Waals surface area contributed by atoms with E-state index in [-0.39, 0.29) is 18.2 Å². The van der Waals surface area contributed by atoms with Gasteiger partial charge in [0.05, 0.1) is 12.1 Å². The van der Waals surface area contributed by atoms with E-state index in [4.69, 9.17) is 0 Å². The second-order valence-electron chi connectivity index (χ2n) is 6.76. The Labute approximate surface area is 169 Å². The van der Waals surface area contributed by atoms with Gasteiger partial charge in [0.2, 0.25) is 11.8 Å². The van der Waals surface area contributed by atoms with Crippen molar-refractivity contribution < 1.29 is 9.59 Å². The van der Waals surface area contributed by atoms with Gasteiger partial charge in [-0.15, -0.1) is 11.3 Å². The van der Waals surface area contributed by atoms with Crippen molar-refractivity contribution in [3.63, 3.8) is 0 Å². The van der Waals surface area contributed by atoms with Crippen LogP contribution in [0.4, 0.5) is 5.13 Å². The summed E-state index contributed by atoms with van der Waals surface area (Å²) in [6.07, 6.45) is 11.5. The van der Waals surface area contributed by atoms with E-state index in [1.807, 2.05) is 30.3 Å². The minimum atomic E-state index is -0.241. The molecule has 0 radical (unpaired) electrons. The van der Waals surface area contributed by atoms with Crippen LogP contribution < -0.4 is 10.6 Å². The van der Waals surface area contributed by atoms with Crippen LogP contribution in [0.5, 0.6) is 0 Å². The number of aromatic nitrogens is 1. The summed E-state index contributed by atoms with van der Waals surface area (Å²) >= 11 is 1.32. The van der Waals surface area contributed by atoms with Gasteiger partial charge in [0.25, 0.3) is 0 Å². The van der Waals surface area contributed by atoms with E-state index in [0.717, 1.165) is 24.8 Å². The topological polar surface area (TPSA) is 71.1 Å². The van der Waals surface area contributed by atoms with E-state index >= 15 is 0 Å². The second kappa shape index (κ2) is 10.6. The van der Waals surface area contributed by atoms with E-state index in [1.54, 1.807) is 11.5 Å². The zero-order chi connectivity index (χ0) is 19.6. The SMILES string of the molecule is O=C(C=Cc1ccccc1)Nc1nc(CC(=O)NCCC2=CCCCC2)cs1. The third kappa shape index (κ3) is 6.78. The van der Waals surface area contributed by atoms with Gasteiger partial charge in [0.1, 0.15) is 0 Å². The average molecular weight is 396 g/mol. The van der Waals surface area contributed by atoms with Crippen molar-refractivity contribution in [2.24, 2.45) is 0 Å². The van der Waals surface area contributed by atoms with Crippen molar-refractivity contribution in [3.05, 3.63) is 64.7 Å². The minimum Gasteiger partial charge on any atom is -0.355 e. The van der Waals surface area contributed by atoms with E-state index in [9.17, 15) is 9.59 Å². The molecule has 0 aliphatic heterocycles. The summed E-state index contributed by atoms with van der Waals surface area (Å²) in [5.74, 6) is -0.279. The van der Waals surface area contributed by atoms with Crippen LogP contribution in [0, 0.1) is 0 Å². The lowest BCUT2D eigenvalue weighted by Gasteiger charge is -2.12. The first-order valence-corrected chi connectivity index (χ1v) is 10.5. The molecule has 1 aliphatic carbocycles. The van der Waals surface area contributed by atoms with Gasteiger partial charge in [-0.05, 0) is 43.7 Å². The predicted octanol–water partition coefficient (Wildman–Crippen LogP) is 4.34. The van der Waals surface area contributed by atoms with Gasteiger partial charge >= 0.3 is 0 Å². The number of nitrogens with one attached hydrogen (secondary N) is 2. The monoisotopic (exact) mass is 395 g/mol. The Hall–Kier alpha value is -2.73. The number of nitrogens with zero attached hydrogens (tertiary/aromatic N) is 1. The van der Waals surface area contributed by atoms with Crippen LogP contribution in [0.2, 0.25) is 0 Å². The van der Waals surface area contributed by atoms with Crippen LogP contribution in [0.3, 0.4) is 0 Å². The molecule has 0 fully saturated rings. The summed E-state index contributed by atoms with van der Waals surface area (Å²) in [4.78, 5) is 28.4. The molecule has 0 atom stereocenters. The fourth-order valence-corrected chi connectivity index (χ4v) is 3.76. The Morgan fingerprint density at radius 2 is 2.04 bits per heavy atom. The Morgan fingerprint density at radius 1 is 1.18 bits per heavy atom. The highest BCUT2D eigenvalue weighted by atomic mass is 32.1. The normalized spacial score (nSPS) is 13.9. The van der Waals surface area contributed by atoms with Gasteiger partial charge in [-0.1, -0.05) is 42.0 Å². The van der Waals surface area contributed by atoms with E-state index in [2.05, 4.69) is 21.7 Å². The van der Waals surface area contributed by atoms with Crippen LogP contribution in [0.25, 0.3) is 6.08 Å². The van der Waals surface area contributed by atoms with Crippen LogP contribution in [0.1, 0.15) is 43.4 Å². The summed E-state index contributed by atoms with van der Waals surface area (Å²) in [7, 11) is 0. The van der Waals surface area contributed by atoms with Crippen LogP contribution in [-0.4, -0.2) is 23.3 Å². The number of benzene rings is 1. The molecule has 146 valence electrons. The summed E-state index contributed by atoms with van der Waals surface area (Å²) in [6, 6.07) is 9.62. The van der Waals surface area contributed by atoms with Crippen molar-refractivity contribution in [1.29, 1.82) is 0 Å². The second-order valence-corrected chi connectivity index (χ2v) is 7.62. The number of thiazole rings is 1. The van der Waals surface area contributed by atoms with Crippen molar-refractivity contribution in [3.8, 4) is 0 Å². The molecule has 3 rings (SSSR count). The average Bonchev–Trinajstić information content (AvgIpc) is 3.14. The Kier molecular flexibility index (Phi) is 7.55. The number of carbonyl (C=O) groups excluding carboxylic acids is 2. The standard InChI is InChI=1S/C22H25N3O2S/c26-20(12-11-17-7-3-1-4-8-17)25-22-24-19(16-28-22)15-21(27)23-14-13-18-9-5-2-6-10-18/h1,3-4,7-9,11-12,16H,2,5-6,10,13-15H2,(H,23,27)(H,24,25,26). The number of carbonyl (C=O) groups is 2. The molecule has 0 saturated carbocycles. The van der Waals surface area contributed by atoms with Crippen LogP contribution >= 0.6 is 11.3 Å². The Morgan fingerprint density at radius 3 is 2.82 bits per heavy atom. The molecule has 6 heteroatoms. The molecule has 5 nitrogen and oxygen atoms in total. The predicted molar refractivity (Wildman–Crippen MR) is 114 cm³/mol. The molecule has 2 N–H and O–H groups in total. The largest absolute Gasteiger partial charge is 0.355 e. The van der Waals surface area contributed by atoms with Gasteiger partial charge in [-0.25, -0.2) is 4.98 Å². The first kappa shape index (κ1) is 20.0. The molecule has 2 amide bonds. The molecule has 28 heavy (non-hydrogen) atoms. The van der Waals surface area contributed by atoms with E-state index in [1.165, 1.54) is 35.8 Å². The minimum absolute atomic E-state index is 0.0384. The summed E-state index contributed by atoms with van der Waals surface area (Å²) < 4.78 is 0. The number of hydrogen-bond acceptors (Lipinski definition) is 4. The lowest BCUT2D eigenvalue weighted by atomic mass is 9.97. The molecule has 1 aromatic carbocycles. The van der Waals surface area contributed by atoms with Gasteiger partial charge < -0.3 is 5.32 Å². The van der Waals surface area contributed by atoms with Gasteiger partial charge in [0, 0.05) is 18.0 Å². The van der Waals surface area contributed by atoms with Gasteiger partial charge in [-0.3, -0.25) is 14.9 Å². The highest BCUT2D eigenvalue weighted by Gasteiger charge is 2.09. The number of amides is 2.